The Labute approximate surface area is 66.1 Å². The van der Waals surface area contributed by atoms with Crippen LogP contribution in [0, 0.1) is 0 Å². The van der Waals surface area contributed by atoms with Gasteiger partial charge < -0.3 is 0 Å². The van der Waals surface area contributed by atoms with Crippen LogP contribution in [0.4, 0.5) is 0 Å². The molecule has 0 saturated heterocycles. The maximum Gasteiger partial charge on any atom is 0.0654 e. The van der Waals surface area contributed by atoms with E-state index in [1.165, 1.54) is 5.57 Å². The molecular formula is C8H10ClN. The smallest absolute Gasteiger partial charge is 0.0654 e. The van der Waals surface area contributed by atoms with Crippen LogP contribution >= 0.6 is 11.6 Å². The predicted octanol–water partition coefficient (Wildman–Crippen LogP) is 2.53. The Bertz CT molecular complexity index is 223. The van der Waals surface area contributed by atoms with Gasteiger partial charge in [0.15, 0.2) is 0 Å². The van der Waals surface area contributed by atoms with Crippen molar-refractivity contribution in [1.29, 1.82) is 0 Å². The summed E-state index contributed by atoms with van der Waals surface area (Å²) in [5, 5.41) is 0. The van der Waals surface area contributed by atoms with Gasteiger partial charge in [0.25, 0.3) is 0 Å². The second-order valence-electron chi connectivity index (χ2n) is 2.19. The first kappa shape index (κ1) is 7.55. The van der Waals surface area contributed by atoms with E-state index >= 15 is 0 Å². The average Bonchev–Trinajstić information content (AvgIpc) is 1.95. The van der Waals surface area contributed by atoms with E-state index in [-0.39, 0.29) is 0 Å². The molecule has 0 aliphatic carbocycles. The predicted molar refractivity (Wildman–Crippen MR) is 45.7 cm³/mol. The van der Waals surface area contributed by atoms with Crippen LogP contribution < -0.4 is 0 Å². The Morgan fingerprint density at radius 1 is 1.60 bits per heavy atom. The van der Waals surface area contributed by atoms with Gasteiger partial charge in [-0.15, -0.1) is 11.6 Å². The lowest BCUT2D eigenvalue weighted by atomic mass is 10.0. The highest BCUT2D eigenvalue weighted by Gasteiger charge is 2.13. The summed E-state index contributed by atoms with van der Waals surface area (Å²) in [6, 6.07) is 0. The molecule has 0 aromatic rings. The number of rotatable bonds is 2. The van der Waals surface area contributed by atoms with Crippen LogP contribution in [-0.2, 0) is 0 Å². The van der Waals surface area contributed by atoms with Crippen molar-refractivity contribution in [3.8, 4) is 0 Å². The largest absolute Gasteiger partial charge is 0.256 e. The van der Waals surface area contributed by atoms with E-state index in [0.29, 0.717) is 5.88 Å². The highest BCUT2D eigenvalue weighted by atomic mass is 35.5. The molecule has 1 nitrogen and oxygen atoms in total. The summed E-state index contributed by atoms with van der Waals surface area (Å²) >= 11 is 5.60. The van der Waals surface area contributed by atoms with Crippen molar-refractivity contribution in [2.75, 3.05) is 5.88 Å². The van der Waals surface area contributed by atoms with E-state index in [9.17, 15) is 0 Å². The van der Waals surface area contributed by atoms with Crippen molar-refractivity contribution in [3.63, 3.8) is 0 Å². The highest BCUT2D eigenvalue weighted by Crippen LogP contribution is 2.21. The summed E-state index contributed by atoms with van der Waals surface area (Å²) in [6.45, 7) is 3.98. The molecule has 0 aromatic heterocycles. The fourth-order valence-corrected chi connectivity index (χ4v) is 1.17. The summed E-state index contributed by atoms with van der Waals surface area (Å²) in [4.78, 5) is 4.15. The zero-order chi connectivity index (χ0) is 7.56. The van der Waals surface area contributed by atoms with Gasteiger partial charge in [-0.2, -0.15) is 0 Å². The van der Waals surface area contributed by atoms with Gasteiger partial charge in [0, 0.05) is 11.3 Å². The number of alkyl halides is 1. The molecule has 0 amide bonds. The number of halogens is 1. The first-order valence-electron chi connectivity index (χ1n) is 3.27. The molecule has 1 aliphatic heterocycles. The highest BCUT2D eigenvalue weighted by molar-refractivity contribution is 6.21. The van der Waals surface area contributed by atoms with Gasteiger partial charge in [0.1, 0.15) is 0 Å². The van der Waals surface area contributed by atoms with Gasteiger partial charge in [0.05, 0.1) is 11.6 Å². The molecule has 0 saturated carbocycles. The molecule has 0 radical (unpaired) electrons. The Hall–Kier alpha value is -0.560. The molecule has 1 rings (SSSR count). The van der Waals surface area contributed by atoms with Gasteiger partial charge in [-0.3, -0.25) is 4.99 Å². The van der Waals surface area contributed by atoms with Crippen molar-refractivity contribution >= 4 is 17.3 Å². The van der Waals surface area contributed by atoms with Gasteiger partial charge in [-0.1, -0.05) is 12.2 Å². The lowest BCUT2D eigenvalue weighted by Gasteiger charge is -2.15. The van der Waals surface area contributed by atoms with Crippen molar-refractivity contribution in [2.45, 2.75) is 13.8 Å². The molecule has 54 valence electrons. The Morgan fingerprint density at radius 3 is 2.70 bits per heavy atom. The van der Waals surface area contributed by atoms with Gasteiger partial charge in [-0.05, 0) is 13.8 Å². The minimum absolute atomic E-state index is 0.525. The maximum absolute atomic E-state index is 5.60. The second-order valence-corrected chi connectivity index (χ2v) is 2.46. The normalized spacial score (nSPS) is 17.7. The van der Waals surface area contributed by atoms with E-state index in [0.717, 1.165) is 11.4 Å². The van der Waals surface area contributed by atoms with Crippen LogP contribution in [0.25, 0.3) is 0 Å². The van der Waals surface area contributed by atoms with E-state index < -0.39 is 0 Å². The van der Waals surface area contributed by atoms with E-state index in [1.54, 1.807) is 0 Å². The monoisotopic (exact) mass is 155 g/mol. The Balaban J connectivity index is 2.72. The van der Waals surface area contributed by atoms with Crippen LogP contribution in [0.2, 0.25) is 0 Å². The lowest BCUT2D eigenvalue weighted by molar-refractivity contribution is 1.21. The zero-order valence-corrected chi connectivity index (χ0v) is 6.94. The molecule has 0 unspecified atom stereocenters. The maximum atomic E-state index is 5.60. The van der Waals surface area contributed by atoms with Gasteiger partial charge in [0.2, 0.25) is 0 Å². The standard InChI is InChI=1S/C8H10ClN/c1-3-4-7-6(2)10-8(7)5-9/h3-4H,5H2,1-2H3/b4-3-. The van der Waals surface area contributed by atoms with E-state index in [1.807, 2.05) is 26.0 Å². The van der Waals surface area contributed by atoms with E-state index in [4.69, 9.17) is 11.6 Å². The molecule has 0 N–H and O–H groups in total. The lowest BCUT2D eigenvalue weighted by Crippen LogP contribution is -2.10. The average molecular weight is 156 g/mol. The van der Waals surface area contributed by atoms with Crippen LogP contribution in [-0.4, -0.2) is 11.6 Å². The van der Waals surface area contributed by atoms with Crippen LogP contribution in [0.1, 0.15) is 13.8 Å². The van der Waals surface area contributed by atoms with Crippen LogP contribution in [0.5, 0.6) is 0 Å². The summed E-state index contributed by atoms with van der Waals surface area (Å²) in [7, 11) is 0. The molecule has 1 heterocycles. The molecule has 10 heavy (non-hydrogen) atoms. The number of aliphatic imine (C=N–C) groups is 1. The van der Waals surface area contributed by atoms with Crippen molar-refractivity contribution in [2.24, 2.45) is 4.99 Å². The zero-order valence-electron chi connectivity index (χ0n) is 6.19. The minimum atomic E-state index is 0.525. The number of hydrogen-bond acceptors (Lipinski definition) is 1. The molecular weight excluding hydrogens is 146 g/mol. The molecule has 0 atom stereocenters. The van der Waals surface area contributed by atoms with E-state index in [2.05, 4.69) is 4.99 Å². The minimum Gasteiger partial charge on any atom is -0.256 e. The van der Waals surface area contributed by atoms with Crippen molar-refractivity contribution in [1.82, 2.24) is 0 Å². The summed E-state index contributed by atoms with van der Waals surface area (Å²) in [5.41, 5.74) is 3.31. The van der Waals surface area contributed by atoms with Crippen molar-refractivity contribution in [3.05, 3.63) is 23.4 Å². The van der Waals surface area contributed by atoms with Crippen LogP contribution in [0.15, 0.2) is 28.4 Å². The van der Waals surface area contributed by atoms with Crippen LogP contribution in [0.3, 0.4) is 0 Å². The van der Waals surface area contributed by atoms with Crippen molar-refractivity contribution < 1.29 is 0 Å². The first-order chi connectivity index (χ1) is 4.79. The molecule has 0 aromatic carbocycles. The summed E-state index contributed by atoms with van der Waals surface area (Å²) in [5.74, 6) is 0.525. The molecule has 0 bridgehead atoms. The number of allylic oxidation sites excluding steroid dienone is 4. The summed E-state index contributed by atoms with van der Waals surface area (Å²) in [6.07, 6.45) is 4.04. The number of hydrogen-bond donors (Lipinski definition) is 0. The quantitative estimate of drug-likeness (QED) is 0.544. The second kappa shape index (κ2) is 3.02. The third-order valence-electron chi connectivity index (χ3n) is 1.46. The first-order valence-corrected chi connectivity index (χ1v) is 3.80. The molecule has 0 spiro atoms. The SMILES string of the molecule is C/C=C\C1=C(CCl)N=C1C. The third kappa shape index (κ3) is 1.14. The topological polar surface area (TPSA) is 12.4 Å². The van der Waals surface area contributed by atoms with Gasteiger partial charge >= 0.3 is 0 Å². The van der Waals surface area contributed by atoms with Gasteiger partial charge in [-0.25, -0.2) is 0 Å². The molecule has 0 fully saturated rings. The third-order valence-corrected chi connectivity index (χ3v) is 1.72. The molecule has 2 heteroatoms. The fourth-order valence-electron chi connectivity index (χ4n) is 0.964. The molecule has 1 aliphatic rings. The fraction of sp³-hybridized carbons (Fsp3) is 0.375. The number of nitrogens with zero attached hydrogens (tertiary/aromatic N) is 1. The Kier molecular flexibility index (Phi) is 2.28. The Morgan fingerprint density at radius 2 is 2.30 bits per heavy atom. The summed E-state index contributed by atoms with van der Waals surface area (Å²) < 4.78 is 0.